The van der Waals surface area contributed by atoms with Gasteiger partial charge in [0.2, 0.25) is 0 Å². The molecule has 132 valence electrons. The van der Waals surface area contributed by atoms with Gasteiger partial charge in [0, 0.05) is 29.9 Å². The second-order valence-corrected chi connectivity index (χ2v) is 6.33. The number of nitrogens with zero attached hydrogens (tertiary/aromatic N) is 2. The van der Waals surface area contributed by atoms with Crippen molar-refractivity contribution in [3.63, 3.8) is 0 Å². The average Bonchev–Trinajstić information content (AvgIpc) is 3.20. The molecule has 3 aromatic rings. The van der Waals surface area contributed by atoms with E-state index in [4.69, 9.17) is 4.99 Å². The lowest BCUT2D eigenvalue weighted by Crippen LogP contribution is -2.05. The first-order valence-corrected chi connectivity index (χ1v) is 8.77. The molecule has 0 atom stereocenters. The van der Waals surface area contributed by atoms with Crippen LogP contribution in [-0.4, -0.2) is 28.2 Å². The second-order valence-electron chi connectivity index (χ2n) is 6.33. The molecule has 2 heterocycles. The van der Waals surface area contributed by atoms with E-state index in [1.165, 1.54) is 0 Å². The van der Waals surface area contributed by atoms with Crippen LogP contribution in [0.25, 0.3) is 11.3 Å². The molecule has 0 saturated heterocycles. The van der Waals surface area contributed by atoms with E-state index in [9.17, 15) is 9.90 Å². The highest BCUT2D eigenvalue weighted by Gasteiger charge is 2.22. The number of benzene rings is 2. The summed E-state index contributed by atoms with van der Waals surface area (Å²) in [6, 6.07) is 21.4. The third kappa shape index (κ3) is 3.48. The Morgan fingerprint density at radius 1 is 0.889 bits per heavy atom. The summed E-state index contributed by atoms with van der Waals surface area (Å²) in [5, 5.41) is 9.17. The first kappa shape index (κ1) is 17.1. The number of carbonyl (C=O) groups excluding carboxylic acids is 1. The van der Waals surface area contributed by atoms with Crippen LogP contribution in [0.2, 0.25) is 0 Å². The lowest BCUT2D eigenvalue weighted by atomic mass is 9.94. The maximum Gasteiger partial charge on any atom is 0.188 e. The van der Waals surface area contributed by atoms with Gasteiger partial charge in [-0.05, 0) is 34.9 Å². The van der Waals surface area contributed by atoms with Crippen molar-refractivity contribution in [3.05, 3.63) is 101 Å². The highest BCUT2D eigenvalue weighted by Crippen LogP contribution is 2.37. The van der Waals surface area contributed by atoms with Crippen molar-refractivity contribution in [1.82, 2.24) is 4.98 Å². The smallest absolute Gasteiger partial charge is 0.188 e. The molecule has 0 fully saturated rings. The number of hydrogen-bond donors (Lipinski definition) is 1. The van der Waals surface area contributed by atoms with Crippen LogP contribution in [0, 0.1) is 0 Å². The number of pyridine rings is 1. The second kappa shape index (κ2) is 7.48. The van der Waals surface area contributed by atoms with Gasteiger partial charge in [0.05, 0.1) is 11.4 Å². The van der Waals surface area contributed by atoms with Gasteiger partial charge in [-0.15, -0.1) is 0 Å². The number of aliphatic imine (C=N–C) groups is 1. The van der Waals surface area contributed by atoms with Gasteiger partial charge < -0.3 is 5.11 Å². The minimum absolute atomic E-state index is 0.287. The fourth-order valence-corrected chi connectivity index (χ4v) is 3.25. The van der Waals surface area contributed by atoms with Gasteiger partial charge in [0.25, 0.3) is 0 Å². The summed E-state index contributed by atoms with van der Waals surface area (Å²) in [6.07, 6.45) is 4.18. The van der Waals surface area contributed by atoms with Gasteiger partial charge >= 0.3 is 0 Å². The Kier molecular flexibility index (Phi) is 4.73. The fourth-order valence-electron chi connectivity index (χ4n) is 3.25. The number of aromatic nitrogens is 1. The van der Waals surface area contributed by atoms with Crippen molar-refractivity contribution in [1.29, 1.82) is 0 Å². The third-order valence-corrected chi connectivity index (χ3v) is 4.61. The highest BCUT2D eigenvalue weighted by molar-refractivity contribution is 6.17. The first-order chi connectivity index (χ1) is 13.3. The Hall–Kier alpha value is -3.37. The minimum Gasteiger partial charge on any atom is -0.388 e. The quantitative estimate of drug-likeness (QED) is 0.704. The van der Waals surface area contributed by atoms with Gasteiger partial charge in [0.15, 0.2) is 5.78 Å². The molecular formula is C23H18N2O2. The molecule has 1 aliphatic heterocycles. The van der Waals surface area contributed by atoms with Gasteiger partial charge in [0.1, 0.15) is 6.61 Å². The normalized spacial score (nSPS) is 13.6. The molecule has 27 heavy (non-hydrogen) atoms. The predicted octanol–water partition coefficient (Wildman–Crippen LogP) is 4.02. The topological polar surface area (TPSA) is 62.5 Å². The maximum atomic E-state index is 11.9. The molecule has 2 aromatic carbocycles. The zero-order valence-electron chi connectivity index (χ0n) is 14.7. The van der Waals surface area contributed by atoms with E-state index in [0.717, 1.165) is 33.7 Å². The van der Waals surface area contributed by atoms with E-state index in [1.807, 2.05) is 48.5 Å². The molecule has 0 saturated carbocycles. The van der Waals surface area contributed by atoms with E-state index in [0.29, 0.717) is 12.0 Å². The molecule has 1 aromatic heterocycles. The Balaban J connectivity index is 1.81. The molecule has 0 radical (unpaired) electrons. The standard InChI is InChI=1S/C23H18N2O2/c26-15-22(27)19-8-4-7-18(13-19)20-14-21(16-5-2-1-3-6-16)25-23(20)17-9-11-24-12-10-17/h1-13,26H,14-15H2. The van der Waals surface area contributed by atoms with Gasteiger partial charge in [-0.2, -0.15) is 0 Å². The van der Waals surface area contributed by atoms with Crippen LogP contribution >= 0.6 is 0 Å². The van der Waals surface area contributed by atoms with Crippen molar-refractivity contribution >= 4 is 22.8 Å². The molecular weight excluding hydrogens is 336 g/mol. The van der Waals surface area contributed by atoms with Crippen LogP contribution in [0.1, 0.15) is 33.5 Å². The zero-order valence-corrected chi connectivity index (χ0v) is 14.7. The molecule has 4 nitrogen and oxygen atoms in total. The van der Waals surface area contributed by atoms with Crippen LogP contribution in [0.15, 0.2) is 84.1 Å². The number of aliphatic hydroxyl groups is 1. The summed E-state index contributed by atoms with van der Waals surface area (Å²) in [4.78, 5) is 20.9. The van der Waals surface area contributed by atoms with E-state index in [2.05, 4.69) is 17.1 Å². The third-order valence-electron chi connectivity index (χ3n) is 4.61. The summed E-state index contributed by atoms with van der Waals surface area (Å²) >= 11 is 0. The molecule has 4 heteroatoms. The summed E-state index contributed by atoms with van der Waals surface area (Å²) in [5.74, 6) is -0.287. The number of allylic oxidation sites excluding steroid dienone is 1. The highest BCUT2D eigenvalue weighted by atomic mass is 16.3. The number of rotatable bonds is 5. The van der Waals surface area contributed by atoms with Crippen LogP contribution in [0.5, 0.6) is 0 Å². The van der Waals surface area contributed by atoms with E-state index >= 15 is 0 Å². The van der Waals surface area contributed by atoms with E-state index in [-0.39, 0.29) is 5.78 Å². The monoisotopic (exact) mass is 354 g/mol. The Morgan fingerprint density at radius 3 is 2.37 bits per heavy atom. The largest absolute Gasteiger partial charge is 0.388 e. The first-order valence-electron chi connectivity index (χ1n) is 8.77. The van der Waals surface area contributed by atoms with Crippen LogP contribution in [0.3, 0.4) is 0 Å². The van der Waals surface area contributed by atoms with Gasteiger partial charge in [-0.25, -0.2) is 0 Å². The van der Waals surface area contributed by atoms with Crippen molar-refractivity contribution in [2.45, 2.75) is 6.42 Å². The van der Waals surface area contributed by atoms with Crippen LogP contribution in [0.4, 0.5) is 0 Å². The Morgan fingerprint density at radius 2 is 1.63 bits per heavy atom. The molecule has 0 unspecified atom stereocenters. The van der Waals surface area contributed by atoms with Crippen molar-refractivity contribution in [2.75, 3.05) is 6.61 Å². The number of carbonyl (C=O) groups is 1. The fraction of sp³-hybridized carbons (Fsp3) is 0.0870. The molecule has 4 rings (SSSR count). The lowest BCUT2D eigenvalue weighted by molar-refractivity contribution is 0.0903. The Labute approximate surface area is 157 Å². The van der Waals surface area contributed by atoms with Crippen LogP contribution in [-0.2, 0) is 0 Å². The molecule has 0 bridgehead atoms. The summed E-state index contributed by atoms with van der Waals surface area (Å²) in [5.41, 5.74) is 6.47. The minimum atomic E-state index is -0.495. The van der Waals surface area contributed by atoms with Crippen molar-refractivity contribution in [3.8, 4) is 0 Å². The molecule has 1 aliphatic rings. The summed E-state index contributed by atoms with van der Waals surface area (Å²) < 4.78 is 0. The predicted molar refractivity (Wildman–Crippen MR) is 107 cm³/mol. The van der Waals surface area contributed by atoms with Gasteiger partial charge in [-0.3, -0.25) is 14.8 Å². The van der Waals surface area contributed by atoms with Gasteiger partial charge in [-0.1, -0.05) is 48.5 Å². The van der Waals surface area contributed by atoms with Crippen molar-refractivity contribution in [2.24, 2.45) is 4.99 Å². The van der Waals surface area contributed by atoms with Crippen LogP contribution < -0.4 is 0 Å². The number of hydrogen-bond acceptors (Lipinski definition) is 4. The van der Waals surface area contributed by atoms with E-state index in [1.54, 1.807) is 18.5 Å². The number of aliphatic hydroxyl groups excluding tert-OH is 1. The molecule has 0 aliphatic carbocycles. The maximum absolute atomic E-state index is 11.9. The lowest BCUT2D eigenvalue weighted by Gasteiger charge is -2.08. The zero-order chi connectivity index (χ0) is 18.6. The SMILES string of the molecule is O=C(CO)c1cccc(C2=C(c3ccncc3)N=C(c3ccccc3)C2)c1. The molecule has 0 spiro atoms. The molecule has 0 amide bonds. The number of ketones is 1. The number of Topliss-reactive ketones (excluding diaryl/α,β-unsaturated/α-hetero) is 1. The summed E-state index contributed by atoms with van der Waals surface area (Å²) in [6.45, 7) is -0.495. The molecule has 1 N–H and O–H groups in total. The Bertz CT molecular complexity index is 1040. The average molecular weight is 354 g/mol. The van der Waals surface area contributed by atoms with Crippen molar-refractivity contribution < 1.29 is 9.90 Å². The van der Waals surface area contributed by atoms with E-state index < -0.39 is 6.61 Å². The summed E-state index contributed by atoms with van der Waals surface area (Å²) in [7, 11) is 0.